The van der Waals surface area contributed by atoms with Crippen LogP contribution in [0.5, 0.6) is 5.75 Å². The van der Waals surface area contributed by atoms with Crippen LogP contribution in [0.2, 0.25) is 0 Å². The van der Waals surface area contributed by atoms with Crippen LogP contribution in [-0.4, -0.2) is 24.2 Å². The van der Waals surface area contributed by atoms with Crippen LogP contribution in [0.15, 0.2) is 64.6 Å². The average molecular weight is 357 g/mol. The molecule has 130 valence electrons. The molecule has 3 rings (SSSR count). The van der Waals surface area contributed by atoms with Crippen LogP contribution in [0.3, 0.4) is 0 Å². The van der Waals surface area contributed by atoms with E-state index in [9.17, 15) is 9.90 Å². The molecule has 5 nitrogen and oxygen atoms in total. The Morgan fingerprint density at radius 3 is 2.68 bits per heavy atom. The third-order valence-electron chi connectivity index (χ3n) is 3.79. The standard InChI is InChI=1S/C19H19NO4S/c1-14-6-8-15(9-7-14)24-12-18(21)20-13-19(22,16-4-2-10-23-16)17-5-3-11-25-17/h2-11,22H,12-13H2,1H3,(H,20,21). The third-order valence-corrected chi connectivity index (χ3v) is 4.81. The highest BCUT2D eigenvalue weighted by atomic mass is 32.1. The number of carbonyl (C=O) groups excluding carboxylic acids is 1. The molecule has 2 N–H and O–H groups in total. The second kappa shape index (κ2) is 7.55. The molecule has 0 radical (unpaired) electrons. The van der Waals surface area contributed by atoms with Gasteiger partial charge in [0.2, 0.25) is 0 Å². The minimum absolute atomic E-state index is 0.00286. The number of amides is 1. The number of aryl methyl sites for hydroxylation is 1. The fourth-order valence-corrected chi connectivity index (χ4v) is 3.21. The Kier molecular flexibility index (Phi) is 5.21. The molecule has 0 saturated heterocycles. The number of rotatable bonds is 7. The van der Waals surface area contributed by atoms with Gasteiger partial charge in [-0.15, -0.1) is 11.3 Å². The van der Waals surface area contributed by atoms with E-state index >= 15 is 0 Å². The number of furan rings is 1. The molecule has 6 heteroatoms. The molecule has 0 aliphatic heterocycles. The summed E-state index contributed by atoms with van der Waals surface area (Å²) < 4.78 is 10.8. The van der Waals surface area contributed by atoms with Crippen molar-refractivity contribution >= 4 is 17.2 Å². The molecular formula is C19H19NO4S. The molecule has 0 fully saturated rings. The molecule has 0 saturated carbocycles. The lowest BCUT2D eigenvalue weighted by atomic mass is 9.98. The number of hydrogen-bond acceptors (Lipinski definition) is 5. The zero-order valence-electron chi connectivity index (χ0n) is 13.8. The number of carbonyl (C=O) groups is 1. The zero-order valence-corrected chi connectivity index (χ0v) is 14.6. The van der Waals surface area contributed by atoms with E-state index < -0.39 is 5.60 Å². The van der Waals surface area contributed by atoms with Gasteiger partial charge in [0.1, 0.15) is 11.5 Å². The predicted molar refractivity (Wildman–Crippen MR) is 95.7 cm³/mol. The molecule has 25 heavy (non-hydrogen) atoms. The molecule has 1 unspecified atom stereocenters. The van der Waals surface area contributed by atoms with E-state index in [-0.39, 0.29) is 19.1 Å². The van der Waals surface area contributed by atoms with E-state index in [0.29, 0.717) is 16.4 Å². The van der Waals surface area contributed by atoms with E-state index in [1.165, 1.54) is 17.6 Å². The van der Waals surface area contributed by atoms with Crippen LogP contribution in [-0.2, 0) is 10.4 Å². The van der Waals surface area contributed by atoms with Crippen molar-refractivity contribution in [3.05, 3.63) is 76.4 Å². The van der Waals surface area contributed by atoms with E-state index in [4.69, 9.17) is 9.15 Å². The molecule has 0 aliphatic carbocycles. The molecular weight excluding hydrogens is 338 g/mol. The van der Waals surface area contributed by atoms with Crippen molar-refractivity contribution in [2.45, 2.75) is 12.5 Å². The van der Waals surface area contributed by atoms with Crippen LogP contribution in [0, 0.1) is 6.92 Å². The molecule has 0 aliphatic rings. The summed E-state index contributed by atoms with van der Waals surface area (Å²) in [6.07, 6.45) is 1.50. The molecule has 1 aromatic carbocycles. The largest absolute Gasteiger partial charge is 0.484 e. The average Bonchev–Trinajstić information content (AvgIpc) is 3.33. The van der Waals surface area contributed by atoms with Gasteiger partial charge in [0.05, 0.1) is 12.8 Å². The number of nitrogens with one attached hydrogen (secondary N) is 1. The first-order valence-electron chi connectivity index (χ1n) is 7.84. The maximum absolute atomic E-state index is 12.1. The predicted octanol–water partition coefficient (Wildman–Crippen LogP) is 3.08. The van der Waals surface area contributed by atoms with Crippen molar-refractivity contribution in [1.82, 2.24) is 5.32 Å². The maximum atomic E-state index is 12.1. The van der Waals surface area contributed by atoms with Crippen LogP contribution in [0.1, 0.15) is 16.2 Å². The van der Waals surface area contributed by atoms with Crippen LogP contribution >= 0.6 is 11.3 Å². The zero-order chi connectivity index (χ0) is 17.7. The molecule has 0 spiro atoms. The van der Waals surface area contributed by atoms with Crippen molar-refractivity contribution in [2.75, 3.05) is 13.2 Å². The monoisotopic (exact) mass is 357 g/mol. The van der Waals surface area contributed by atoms with Crippen molar-refractivity contribution in [3.8, 4) is 5.75 Å². The highest BCUT2D eigenvalue weighted by Gasteiger charge is 2.36. The third kappa shape index (κ3) is 4.10. The normalized spacial score (nSPS) is 13.2. The molecule has 2 heterocycles. The van der Waals surface area contributed by atoms with E-state index in [0.717, 1.165) is 5.56 Å². The van der Waals surface area contributed by atoms with Gasteiger partial charge >= 0.3 is 0 Å². The van der Waals surface area contributed by atoms with E-state index in [1.807, 2.05) is 48.7 Å². The fraction of sp³-hybridized carbons (Fsp3) is 0.211. The lowest BCUT2D eigenvalue weighted by Gasteiger charge is -2.25. The lowest BCUT2D eigenvalue weighted by Crippen LogP contribution is -2.42. The Bertz CT molecular complexity index is 760. The molecule has 2 aromatic heterocycles. The van der Waals surface area contributed by atoms with Gasteiger partial charge in [-0.3, -0.25) is 4.79 Å². The van der Waals surface area contributed by atoms with Crippen LogP contribution in [0.4, 0.5) is 0 Å². The van der Waals surface area contributed by atoms with Gasteiger partial charge < -0.3 is 19.6 Å². The van der Waals surface area contributed by atoms with Gasteiger partial charge in [-0.2, -0.15) is 0 Å². The molecule has 1 atom stereocenters. The molecule has 0 bridgehead atoms. The highest BCUT2D eigenvalue weighted by Crippen LogP contribution is 2.32. The van der Waals surface area contributed by atoms with Gasteiger partial charge in [0, 0.05) is 4.88 Å². The van der Waals surface area contributed by atoms with E-state index in [2.05, 4.69) is 5.32 Å². The number of hydrogen-bond donors (Lipinski definition) is 2. The Hall–Kier alpha value is -2.57. The van der Waals surface area contributed by atoms with Crippen molar-refractivity contribution in [3.63, 3.8) is 0 Å². The minimum Gasteiger partial charge on any atom is -0.484 e. The summed E-state index contributed by atoms with van der Waals surface area (Å²) in [4.78, 5) is 12.8. The topological polar surface area (TPSA) is 71.7 Å². The van der Waals surface area contributed by atoms with Crippen molar-refractivity contribution < 1.29 is 19.1 Å². The Balaban J connectivity index is 1.61. The van der Waals surface area contributed by atoms with E-state index in [1.54, 1.807) is 12.1 Å². The van der Waals surface area contributed by atoms with Crippen molar-refractivity contribution in [2.24, 2.45) is 0 Å². The second-order valence-electron chi connectivity index (χ2n) is 5.69. The summed E-state index contributed by atoms with van der Waals surface area (Å²) >= 11 is 1.40. The molecule has 1 amide bonds. The number of thiophene rings is 1. The fourth-order valence-electron chi connectivity index (χ4n) is 2.38. The Morgan fingerprint density at radius 2 is 2.04 bits per heavy atom. The van der Waals surface area contributed by atoms with Gasteiger partial charge in [-0.1, -0.05) is 23.8 Å². The first-order valence-corrected chi connectivity index (χ1v) is 8.72. The number of aliphatic hydroxyl groups is 1. The minimum atomic E-state index is -1.41. The summed E-state index contributed by atoms with van der Waals surface area (Å²) in [5.74, 6) is 0.692. The summed E-state index contributed by atoms with van der Waals surface area (Å²) in [5.41, 5.74) is -0.284. The smallest absolute Gasteiger partial charge is 0.258 e. The summed E-state index contributed by atoms with van der Waals surface area (Å²) in [6, 6.07) is 14.5. The quantitative estimate of drug-likeness (QED) is 0.682. The highest BCUT2D eigenvalue weighted by molar-refractivity contribution is 7.10. The van der Waals surface area contributed by atoms with Gasteiger partial charge in [-0.05, 0) is 42.6 Å². The Labute approximate surface area is 149 Å². The second-order valence-corrected chi connectivity index (χ2v) is 6.64. The number of ether oxygens (including phenoxy) is 1. The SMILES string of the molecule is Cc1ccc(OCC(=O)NCC(O)(c2ccco2)c2cccs2)cc1. The lowest BCUT2D eigenvalue weighted by molar-refractivity contribution is -0.124. The summed E-state index contributed by atoms with van der Waals surface area (Å²) in [5, 5.41) is 15.6. The first kappa shape index (κ1) is 17.3. The van der Waals surface area contributed by atoms with Crippen LogP contribution < -0.4 is 10.1 Å². The van der Waals surface area contributed by atoms with Gasteiger partial charge in [0.15, 0.2) is 12.2 Å². The van der Waals surface area contributed by atoms with Gasteiger partial charge in [-0.25, -0.2) is 0 Å². The molecule has 3 aromatic rings. The summed E-state index contributed by atoms with van der Waals surface area (Å²) in [6.45, 7) is 1.86. The Morgan fingerprint density at radius 1 is 1.24 bits per heavy atom. The van der Waals surface area contributed by atoms with Crippen LogP contribution in [0.25, 0.3) is 0 Å². The first-order chi connectivity index (χ1) is 12.1. The van der Waals surface area contributed by atoms with Gasteiger partial charge in [0.25, 0.3) is 5.91 Å². The summed E-state index contributed by atoms with van der Waals surface area (Å²) in [7, 11) is 0. The number of benzene rings is 1. The maximum Gasteiger partial charge on any atom is 0.258 e. The van der Waals surface area contributed by atoms with Crippen molar-refractivity contribution in [1.29, 1.82) is 0 Å².